The van der Waals surface area contributed by atoms with Crippen molar-refractivity contribution in [2.24, 2.45) is 0 Å². The molecule has 0 spiro atoms. The minimum absolute atomic E-state index is 0.380. The fourth-order valence-electron chi connectivity index (χ4n) is 1.46. The van der Waals surface area contributed by atoms with Crippen LogP contribution >= 0.6 is 11.6 Å². The van der Waals surface area contributed by atoms with Crippen molar-refractivity contribution in [3.63, 3.8) is 0 Å². The summed E-state index contributed by atoms with van der Waals surface area (Å²) in [5.41, 5.74) is 8.12. The summed E-state index contributed by atoms with van der Waals surface area (Å²) in [6.45, 7) is 2.32. The van der Waals surface area contributed by atoms with Crippen molar-refractivity contribution in [3.05, 3.63) is 52.8 Å². The number of hydrogen-bond acceptors (Lipinski definition) is 3. The molecule has 0 fully saturated rings. The molecule has 2 aromatic rings. The predicted octanol–water partition coefficient (Wildman–Crippen LogP) is 3.20. The van der Waals surface area contributed by atoms with Gasteiger partial charge in [-0.15, -0.1) is 0 Å². The SMILES string of the molecule is Cc1cccc(COc2cc(N)ccc2Cl)n1. The molecule has 4 heteroatoms. The van der Waals surface area contributed by atoms with E-state index in [2.05, 4.69) is 4.98 Å². The number of pyridine rings is 1. The van der Waals surface area contributed by atoms with Crippen molar-refractivity contribution in [3.8, 4) is 5.75 Å². The fraction of sp³-hybridized carbons (Fsp3) is 0.154. The summed E-state index contributed by atoms with van der Waals surface area (Å²) in [5, 5.41) is 0.548. The number of nitrogen functional groups attached to an aromatic ring is 1. The number of aromatic nitrogens is 1. The second-order valence-electron chi connectivity index (χ2n) is 3.75. The van der Waals surface area contributed by atoms with E-state index >= 15 is 0 Å². The van der Waals surface area contributed by atoms with Crippen LogP contribution in [0.2, 0.25) is 5.02 Å². The van der Waals surface area contributed by atoms with E-state index in [0.717, 1.165) is 11.4 Å². The number of rotatable bonds is 3. The smallest absolute Gasteiger partial charge is 0.140 e. The number of nitrogens with two attached hydrogens (primary N) is 1. The molecule has 2 rings (SSSR count). The lowest BCUT2D eigenvalue weighted by Gasteiger charge is -2.08. The first kappa shape index (κ1) is 11.7. The van der Waals surface area contributed by atoms with Crippen LogP contribution in [0.25, 0.3) is 0 Å². The molecule has 0 radical (unpaired) electrons. The zero-order valence-corrected chi connectivity index (χ0v) is 10.2. The average Bonchev–Trinajstić information content (AvgIpc) is 2.30. The van der Waals surface area contributed by atoms with Gasteiger partial charge in [-0.05, 0) is 31.2 Å². The molecule has 0 saturated carbocycles. The normalized spacial score (nSPS) is 10.2. The Morgan fingerprint density at radius 2 is 2.12 bits per heavy atom. The van der Waals surface area contributed by atoms with Crippen LogP contribution < -0.4 is 10.5 Å². The minimum Gasteiger partial charge on any atom is -0.486 e. The fourth-order valence-corrected chi connectivity index (χ4v) is 1.63. The lowest BCUT2D eigenvalue weighted by atomic mass is 10.3. The van der Waals surface area contributed by atoms with Crippen molar-refractivity contribution < 1.29 is 4.74 Å². The predicted molar refractivity (Wildman–Crippen MR) is 69.2 cm³/mol. The van der Waals surface area contributed by atoms with E-state index in [1.165, 1.54) is 0 Å². The average molecular weight is 249 g/mol. The van der Waals surface area contributed by atoms with E-state index in [1.54, 1.807) is 18.2 Å². The van der Waals surface area contributed by atoms with Crippen molar-refractivity contribution in [1.29, 1.82) is 0 Å². The molecule has 3 nitrogen and oxygen atoms in total. The highest BCUT2D eigenvalue weighted by Crippen LogP contribution is 2.27. The third-order valence-electron chi connectivity index (χ3n) is 2.28. The van der Waals surface area contributed by atoms with Gasteiger partial charge in [-0.1, -0.05) is 17.7 Å². The number of nitrogens with zero attached hydrogens (tertiary/aromatic N) is 1. The molecular formula is C13H13ClN2O. The van der Waals surface area contributed by atoms with E-state index in [-0.39, 0.29) is 0 Å². The van der Waals surface area contributed by atoms with Crippen molar-refractivity contribution >= 4 is 17.3 Å². The summed E-state index contributed by atoms with van der Waals surface area (Å²) in [5.74, 6) is 0.579. The summed E-state index contributed by atoms with van der Waals surface area (Å²) in [6.07, 6.45) is 0. The molecule has 17 heavy (non-hydrogen) atoms. The van der Waals surface area contributed by atoms with Crippen LogP contribution in [0.4, 0.5) is 5.69 Å². The number of hydrogen-bond donors (Lipinski definition) is 1. The van der Waals surface area contributed by atoms with E-state index in [4.69, 9.17) is 22.1 Å². The zero-order chi connectivity index (χ0) is 12.3. The van der Waals surface area contributed by atoms with Crippen LogP contribution in [0.15, 0.2) is 36.4 Å². The monoisotopic (exact) mass is 248 g/mol. The molecule has 1 heterocycles. The van der Waals surface area contributed by atoms with E-state index in [1.807, 2.05) is 25.1 Å². The molecule has 0 aliphatic rings. The van der Waals surface area contributed by atoms with E-state index in [0.29, 0.717) is 23.1 Å². The van der Waals surface area contributed by atoms with Crippen LogP contribution in [0.5, 0.6) is 5.75 Å². The van der Waals surface area contributed by atoms with E-state index in [9.17, 15) is 0 Å². The second-order valence-corrected chi connectivity index (χ2v) is 4.16. The number of anilines is 1. The first-order chi connectivity index (χ1) is 8.15. The Morgan fingerprint density at radius 3 is 2.88 bits per heavy atom. The van der Waals surface area contributed by atoms with Gasteiger partial charge in [0.15, 0.2) is 0 Å². The van der Waals surface area contributed by atoms with Crippen LogP contribution in [0.1, 0.15) is 11.4 Å². The van der Waals surface area contributed by atoms with Gasteiger partial charge in [0.25, 0.3) is 0 Å². The Hall–Kier alpha value is -1.74. The molecule has 88 valence electrons. The molecule has 0 aliphatic carbocycles. The molecule has 0 unspecified atom stereocenters. The molecule has 0 bridgehead atoms. The summed E-state index contributed by atoms with van der Waals surface area (Å²) in [4.78, 5) is 4.34. The second kappa shape index (κ2) is 5.06. The number of aryl methyl sites for hydroxylation is 1. The Balaban J connectivity index is 2.09. The number of halogens is 1. The van der Waals surface area contributed by atoms with E-state index < -0.39 is 0 Å². The molecule has 0 saturated heterocycles. The van der Waals surface area contributed by atoms with Gasteiger partial charge < -0.3 is 10.5 Å². The number of ether oxygens (including phenoxy) is 1. The van der Waals surface area contributed by atoms with Gasteiger partial charge in [-0.3, -0.25) is 4.98 Å². The van der Waals surface area contributed by atoms with Gasteiger partial charge >= 0.3 is 0 Å². The lowest BCUT2D eigenvalue weighted by Crippen LogP contribution is -2.00. The van der Waals surface area contributed by atoms with Crippen LogP contribution in [0, 0.1) is 6.92 Å². The summed E-state index contributed by atoms with van der Waals surface area (Å²) < 4.78 is 5.58. The van der Waals surface area contributed by atoms with Crippen molar-refractivity contribution in [1.82, 2.24) is 4.98 Å². The van der Waals surface area contributed by atoms with Gasteiger partial charge in [0.2, 0.25) is 0 Å². The summed E-state index contributed by atoms with van der Waals surface area (Å²) >= 11 is 5.99. The molecule has 1 aromatic carbocycles. The van der Waals surface area contributed by atoms with Gasteiger partial charge in [0, 0.05) is 17.4 Å². The Labute approximate surface area is 105 Å². The first-order valence-electron chi connectivity index (χ1n) is 5.25. The maximum atomic E-state index is 5.99. The van der Waals surface area contributed by atoms with Gasteiger partial charge in [-0.25, -0.2) is 0 Å². The zero-order valence-electron chi connectivity index (χ0n) is 9.48. The molecular weight excluding hydrogens is 236 g/mol. The van der Waals surface area contributed by atoms with Crippen molar-refractivity contribution in [2.75, 3.05) is 5.73 Å². The summed E-state index contributed by atoms with van der Waals surface area (Å²) in [7, 11) is 0. The highest BCUT2D eigenvalue weighted by atomic mass is 35.5. The Bertz CT molecular complexity index is 529. The molecule has 2 N–H and O–H groups in total. The lowest BCUT2D eigenvalue weighted by molar-refractivity contribution is 0.301. The highest BCUT2D eigenvalue weighted by Gasteiger charge is 2.03. The van der Waals surface area contributed by atoms with Gasteiger partial charge in [0.05, 0.1) is 10.7 Å². The maximum absolute atomic E-state index is 5.99. The molecule has 1 aromatic heterocycles. The first-order valence-corrected chi connectivity index (χ1v) is 5.63. The maximum Gasteiger partial charge on any atom is 0.140 e. The Morgan fingerprint density at radius 1 is 1.29 bits per heavy atom. The van der Waals surface area contributed by atoms with Crippen LogP contribution in [-0.2, 0) is 6.61 Å². The third-order valence-corrected chi connectivity index (χ3v) is 2.59. The summed E-state index contributed by atoms with van der Waals surface area (Å²) in [6, 6.07) is 11.0. The highest BCUT2D eigenvalue weighted by molar-refractivity contribution is 6.32. The largest absolute Gasteiger partial charge is 0.486 e. The molecule has 0 amide bonds. The minimum atomic E-state index is 0.380. The Kier molecular flexibility index (Phi) is 3.49. The third kappa shape index (κ3) is 3.11. The van der Waals surface area contributed by atoms with Crippen LogP contribution in [-0.4, -0.2) is 4.98 Å². The topological polar surface area (TPSA) is 48.1 Å². The van der Waals surface area contributed by atoms with Gasteiger partial charge in [0.1, 0.15) is 12.4 Å². The van der Waals surface area contributed by atoms with Gasteiger partial charge in [-0.2, -0.15) is 0 Å². The molecule has 0 aliphatic heterocycles. The quantitative estimate of drug-likeness (QED) is 0.849. The van der Waals surface area contributed by atoms with Crippen LogP contribution in [0.3, 0.4) is 0 Å². The number of benzene rings is 1. The standard InChI is InChI=1S/C13H13ClN2O/c1-9-3-2-4-11(16-9)8-17-13-7-10(15)5-6-12(13)14/h2-7H,8,15H2,1H3. The molecule has 0 atom stereocenters. The van der Waals surface area contributed by atoms with Crippen molar-refractivity contribution in [2.45, 2.75) is 13.5 Å².